The Kier molecular flexibility index (Phi) is 5.45. The van der Waals surface area contributed by atoms with Crippen LogP contribution in [0.4, 0.5) is 0 Å². The second-order valence-electron chi connectivity index (χ2n) is 6.32. The topological polar surface area (TPSA) is 34.0 Å². The number of fused-ring (bicyclic) bond motifs is 1. The van der Waals surface area contributed by atoms with Crippen molar-refractivity contribution in [2.24, 2.45) is 0 Å². The number of hydrogen-bond donors (Lipinski definition) is 1. The third-order valence-electron chi connectivity index (χ3n) is 4.14. The van der Waals surface area contributed by atoms with Crippen molar-refractivity contribution < 1.29 is 4.79 Å². The van der Waals surface area contributed by atoms with Gasteiger partial charge in [-0.05, 0) is 48.3 Å². The van der Waals surface area contributed by atoms with Crippen molar-refractivity contribution in [3.63, 3.8) is 0 Å². The second kappa shape index (κ2) is 7.58. The molecule has 1 N–H and O–H groups in total. The highest BCUT2D eigenvalue weighted by Gasteiger charge is 2.19. The van der Waals surface area contributed by atoms with Crippen molar-refractivity contribution in [2.75, 3.05) is 0 Å². The highest BCUT2D eigenvalue weighted by molar-refractivity contribution is 9.10. The van der Waals surface area contributed by atoms with Gasteiger partial charge < -0.3 is 9.88 Å². The lowest BCUT2D eigenvalue weighted by Gasteiger charge is -2.15. The van der Waals surface area contributed by atoms with E-state index in [0.29, 0.717) is 12.2 Å². The largest absolute Gasteiger partial charge is 0.344 e. The van der Waals surface area contributed by atoms with Gasteiger partial charge in [0.25, 0.3) is 5.91 Å². The molecule has 2 heterocycles. The van der Waals surface area contributed by atoms with Gasteiger partial charge in [0.05, 0.1) is 20.7 Å². The van der Waals surface area contributed by atoms with E-state index in [0.717, 1.165) is 20.3 Å². The molecule has 0 fully saturated rings. The molecule has 130 valence electrons. The van der Waals surface area contributed by atoms with Crippen molar-refractivity contribution in [2.45, 2.75) is 33.4 Å². The Labute approximate surface area is 160 Å². The van der Waals surface area contributed by atoms with Crippen molar-refractivity contribution in [1.29, 1.82) is 0 Å². The zero-order valence-electron chi connectivity index (χ0n) is 14.5. The molecule has 0 bridgehead atoms. The molecule has 1 atom stereocenters. The summed E-state index contributed by atoms with van der Waals surface area (Å²) >= 11 is 5.26. The van der Waals surface area contributed by atoms with E-state index in [1.54, 1.807) is 11.3 Å². The van der Waals surface area contributed by atoms with Crippen LogP contribution >= 0.6 is 27.3 Å². The van der Waals surface area contributed by atoms with Gasteiger partial charge in [0.1, 0.15) is 5.69 Å². The predicted octanol–water partition coefficient (Wildman–Crippen LogP) is 5.92. The molecular weight excluding hydrogens is 396 g/mol. The lowest BCUT2D eigenvalue weighted by Crippen LogP contribution is -2.28. The van der Waals surface area contributed by atoms with Gasteiger partial charge in [0.2, 0.25) is 0 Å². The third-order valence-corrected chi connectivity index (χ3v) is 5.97. The van der Waals surface area contributed by atoms with Crippen LogP contribution in [0.25, 0.3) is 10.2 Å². The highest BCUT2D eigenvalue weighted by atomic mass is 79.9. The molecule has 3 nitrogen and oxygen atoms in total. The molecule has 3 rings (SSSR count). The number of carbonyl (C=O) groups excluding carboxylic acids is 1. The fraction of sp³-hybridized carbons (Fsp3) is 0.250. The molecule has 25 heavy (non-hydrogen) atoms. The fourth-order valence-corrected chi connectivity index (χ4v) is 4.47. The lowest BCUT2D eigenvalue weighted by atomic mass is 10.1. The van der Waals surface area contributed by atoms with Crippen molar-refractivity contribution in [1.82, 2.24) is 9.88 Å². The van der Waals surface area contributed by atoms with E-state index in [2.05, 4.69) is 51.1 Å². The summed E-state index contributed by atoms with van der Waals surface area (Å²) in [6, 6.07) is 12.0. The number of aromatic nitrogens is 1. The summed E-state index contributed by atoms with van der Waals surface area (Å²) < 4.78 is 4.23. The van der Waals surface area contributed by atoms with E-state index in [-0.39, 0.29) is 11.9 Å². The van der Waals surface area contributed by atoms with Gasteiger partial charge in [-0.1, -0.05) is 42.0 Å². The molecule has 0 saturated carbocycles. The van der Waals surface area contributed by atoms with Crippen molar-refractivity contribution in [3.8, 4) is 0 Å². The first-order valence-electron chi connectivity index (χ1n) is 8.22. The first-order chi connectivity index (χ1) is 12.0. The SMILES string of the molecule is CC(C)=CCn1c(C(=O)N[C@H](C)c2ccccc2)cc2scc(Br)c21. The summed E-state index contributed by atoms with van der Waals surface area (Å²) in [5, 5.41) is 5.19. The third kappa shape index (κ3) is 3.88. The number of amides is 1. The molecule has 0 aliphatic heterocycles. The van der Waals surface area contributed by atoms with Crippen LogP contribution in [0.5, 0.6) is 0 Å². The number of hydrogen-bond acceptors (Lipinski definition) is 2. The van der Waals surface area contributed by atoms with E-state index in [4.69, 9.17) is 0 Å². The minimum absolute atomic E-state index is 0.0398. The molecule has 3 aromatic rings. The molecule has 1 aromatic carbocycles. The van der Waals surface area contributed by atoms with Crippen LogP contribution in [0.1, 0.15) is 42.9 Å². The highest BCUT2D eigenvalue weighted by Crippen LogP contribution is 2.33. The Morgan fingerprint density at radius 3 is 2.72 bits per heavy atom. The lowest BCUT2D eigenvalue weighted by molar-refractivity contribution is 0.0931. The summed E-state index contributed by atoms with van der Waals surface area (Å²) in [4.78, 5) is 12.9. The first-order valence-corrected chi connectivity index (χ1v) is 9.90. The molecule has 0 spiro atoms. The Morgan fingerprint density at radius 1 is 1.32 bits per heavy atom. The number of benzene rings is 1. The molecule has 5 heteroatoms. The molecule has 0 unspecified atom stereocenters. The summed E-state index contributed by atoms with van der Waals surface area (Å²) in [5.41, 5.74) is 4.11. The average Bonchev–Trinajstić information content (AvgIpc) is 3.14. The fourth-order valence-electron chi connectivity index (χ4n) is 2.78. The van der Waals surface area contributed by atoms with Crippen LogP contribution in [0, 0.1) is 0 Å². The molecule has 0 aliphatic rings. The number of allylic oxidation sites excluding steroid dienone is 2. The van der Waals surface area contributed by atoms with Gasteiger partial charge >= 0.3 is 0 Å². The number of thiophene rings is 1. The predicted molar refractivity (Wildman–Crippen MR) is 109 cm³/mol. The van der Waals surface area contributed by atoms with Gasteiger partial charge in [0, 0.05) is 11.9 Å². The maximum atomic E-state index is 12.9. The van der Waals surface area contributed by atoms with Crippen molar-refractivity contribution in [3.05, 3.63) is 69.2 Å². The molecule has 2 aromatic heterocycles. The van der Waals surface area contributed by atoms with Gasteiger partial charge in [-0.3, -0.25) is 4.79 Å². The standard InChI is InChI=1S/C20H21BrN2OS/c1-13(2)9-10-23-17(11-18-19(23)16(21)12-25-18)20(24)22-14(3)15-7-5-4-6-8-15/h4-9,11-12,14H,10H2,1-3H3,(H,22,24)/t14-/m1/s1. The number of halogens is 1. The monoisotopic (exact) mass is 416 g/mol. The van der Waals surface area contributed by atoms with E-state index < -0.39 is 0 Å². The van der Waals surface area contributed by atoms with E-state index in [1.165, 1.54) is 5.57 Å². The van der Waals surface area contributed by atoms with Gasteiger partial charge in [-0.25, -0.2) is 0 Å². The number of nitrogens with zero attached hydrogens (tertiary/aromatic N) is 1. The Bertz CT molecular complexity index is 920. The van der Waals surface area contributed by atoms with Gasteiger partial charge in [-0.15, -0.1) is 11.3 Å². The Morgan fingerprint density at radius 2 is 2.04 bits per heavy atom. The summed E-state index contributed by atoms with van der Waals surface area (Å²) in [6.07, 6.45) is 2.14. The number of rotatable bonds is 5. The normalized spacial score (nSPS) is 12.2. The maximum Gasteiger partial charge on any atom is 0.268 e. The smallest absolute Gasteiger partial charge is 0.268 e. The average molecular weight is 417 g/mol. The molecular formula is C20H21BrN2OS. The van der Waals surface area contributed by atoms with E-state index >= 15 is 0 Å². The van der Waals surface area contributed by atoms with Gasteiger partial charge in [-0.2, -0.15) is 0 Å². The summed E-state index contributed by atoms with van der Waals surface area (Å²) in [5.74, 6) is -0.0474. The van der Waals surface area contributed by atoms with Gasteiger partial charge in [0.15, 0.2) is 0 Å². The molecule has 0 saturated heterocycles. The van der Waals surface area contributed by atoms with Crippen LogP contribution in [0.3, 0.4) is 0 Å². The van der Waals surface area contributed by atoms with Crippen LogP contribution < -0.4 is 5.32 Å². The zero-order chi connectivity index (χ0) is 18.0. The van der Waals surface area contributed by atoms with E-state index in [1.807, 2.05) is 43.3 Å². The molecule has 0 radical (unpaired) electrons. The second-order valence-corrected chi connectivity index (χ2v) is 8.09. The minimum atomic E-state index is -0.0474. The van der Waals surface area contributed by atoms with Crippen LogP contribution in [0.15, 0.2) is 57.9 Å². The minimum Gasteiger partial charge on any atom is -0.344 e. The van der Waals surface area contributed by atoms with Crippen LogP contribution in [-0.2, 0) is 6.54 Å². The van der Waals surface area contributed by atoms with E-state index in [9.17, 15) is 4.79 Å². The van der Waals surface area contributed by atoms with Crippen LogP contribution in [-0.4, -0.2) is 10.5 Å². The quantitative estimate of drug-likeness (QED) is 0.514. The summed E-state index contributed by atoms with van der Waals surface area (Å²) in [7, 11) is 0. The zero-order valence-corrected chi connectivity index (χ0v) is 16.9. The molecule has 1 amide bonds. The first kappa shape index (κ1) is 18.0. The maximum absolute atomic E-state index is 12.9. The van der Waals surface area contributed by atoms with Crippen LogP contribution in [0.2, 0.25) is 0 Å². The number of carbonyl (C=O) groups is 1. The summed E-state index contributed by atoms with van der Waals surface area (Å²) in [6.45, 7) is 6.83. The Hall–Kier alpha value is -1.85. The number of nitrogens with one attached hydrogen (secondary N) is 1. The molecule has 0 aliphatic carbocycles. The van der Waals surface area contributed by atoms with Crippen molar-refractivity contribution >= 4 is 43.4 Å². The Balaban J connectivity index is 1.93.